The van der Waals surface area contributed by atoms with Gasteiger partial charge in [-0.15, -0.1) is 0 Å². The van der Waals surface area contributed by atoms with Crippen molar-refractivity contribution in [3.63, 3.8) is 0 Å². The molecule has 7 heteroatoms. The third kappa shape index (κ3) is 2.49. The fourth-order valence-corrected chi connectivity index (χ4v) is 4.67. The molecular weight excluding hydrogens is 356 g/mol. The minimum Gasteiger partial charge on any atom is -0.366 e. The number of imidazole rings is 1. The Kier molecular flexibility index (Phi) is 4.30. The van der Waals surface area contributed by atoms with Crippen LogP contribution < -0.4 is 5.32 Å². The summed E-state index contributed by atoms with van der Waals surface area (Å²) in [7, 11) is 1.89. The van der Waals surface area contributed by atoms with Gasteiger partial charge in [0.2, 0.25) is 5.91 Å². The number of nitrogens with zero attached hydrogens (tertiary/aromatic N) is 3. The van der Waals surface area contributed by atoms with Crippen LogP contribution in [0.25, 0.3) is 0 Å². The molecule has 7 nitrogen and oxygen atoms in total. The topological polar surface area (TPSA) is 76.5 Å². The van der Waals surface area contributed by atoms with Gasteiger partial charge in [0.25, 0.3) is 5.91 Å². The molecule has 0 unspecified atom stereocenters. The van der Waals surface area contributed by atoms with Crippen molar-refractivity contribution in [2.45, 2.75) is 44.2 Å². The number of rotatable bonds is 4. The lowest BCUT2D eigenvalue weighted by molar-refractivity contribution is -0.155. The first-order chi connectivity index (χ1) is 13.3. The number of anilines is 1. The van der Waals surface area contributed by atoms with Crippen LogP contribution in [0.3, 0.4) is 0 Å². The second kappa shape index (κ2) is 6.44. The van der Waals surface area contributed by atoms with Crippen LogP contribution in [-0.4, -0.2) is 45.0 Å². The minimum atomic E-state index is -0.974. The Morgan fingerprint density at radius 3 is 2.82 bits per heavy atom. The van der Waals surface area contributed by atoms with E-state index < -0.39 is 17.1 Å². The van der Waals surface area contributed by atoms with Crippen LogP contribution >= 0.6 is 0 Å². The van der Waals surface area contributed by atoms with Gasteiger partial charge in [-0.25, -0.2) is 4.98 Å². The molecule has 28 heavy (non-hydrogen) atoms. The van der Waals surface area contributed by atoms with Gasteiger partial charge in [-0.1, -0.05) is 18.2 Å². The molecule has 2 aromatic rings. The first kappa shape index (κ1) is 18.7. The zero-order valence-electron chi connectivity index (χ0n) is 16.7. The minimum absolute atomic E-state index is 0.0776. The maximum absolute atomic E-state index is 13.5. The number of aryl methyl sites for hydroxylation is 1. The number of amides is 2. The lowest BCUT2D eigenvalue weighted by Crippen LogP contribution is -2.50. The Balaban J connectivity index is 1.87. The summed E-state index contributed by atoms with van der Waals surface area (Å²) in [4.78, 5) is 33.1. The van der Waals surface area contributed by atoms with E-state index in [1.807, 2.05) is 49.0 Å². The number of benzene rings is 1. The summed E-state index contributed by atoms with van der Waals surface area (Å²) in [6.07, 6.45) is 4.09. The molecule has 1 aromatic carbocycles. The van der Waals surface area contributed by atoms with Crippen LogP contribution in [-0.2, 0) is 26.8 Å². The van der Waals surface area contributed by atoms with Crippen molar-refractivity contribution in [1.82, 2.24) is 14.5 Å². The number of carbonyl (C=O) groups excluding carboxylic acids is 2. The summed E-state index contributed by atoms with van der Waals surface area (Å²) in [5.41, 5.74) is -0.0889. The Labute approximate surface area is 164 Å². The van der Waals surface area contributed by atoms with Crippen molar-refractivity contribution in [2.24, 2.45) is 7.05 Å². The van der Waals surface area contributed by atoms with Gasteiger partial charge >= 0.3 is 0 Å². The lowest BCUT2D eigenvalue weighted by Gasteiger charge is -2.37. The lowest BCUT2D eigenvalue weighted by atomic mass is 9.74. The van der Waals surface area contributed by atoms with E-state index in [1.54, 1.807) is 24.9 Å². The number of aromatic nitrogens is 2. The van der Waals surface area contributed by atoms with E-state index in [1.165, 1.54) is 0 Å². The number of ether oxygens (including phenoxy) is 1. The third-order valence-corrected chi connectivity index (χ3v) is 5.97. The van der Waals surface area contributed by atoms with Crippen molar-refractivity contribution >= 4 is 17.5 Å². The van der Waals surface area contributed by atoms with Crippen LogP contribution in [0.4, 0.5) is 5.69 Å². The number of fused-ring (bicyclic) bond motifs is 2. The largest absolute Gasteiger partial charge is 0.366 e. The average Bonchev–Trinajstić information content (AvgIpc) is 3.32. The molecule has 2 amide bonds. The molecule has 0 bridgehead atoms. The summed E-state index contributed by atoms with van der Waals surface area (Å²) >= 11 is 0. The number of hydrogen-bond acceptors (Lipinski definition) is 4. The van der Waals surface area contributed by atoms with E-state index in [2.05, 4.69) is 10.3 Å². The fourth-order valence-electron chi connectivity index (χ4n) is 4.67. The van der Waals surface area contributed by atoms with Gasteiger partial charge in [0.15, 0.2) is 0 Å². The fraction of sp³-hybridized carbons (Fsp3) is 0.476. The first-order valence-electron chi connectivity index (χ1n) is 9.66. The highest BCUT2D eigenvalue weighted by Crippen LogP contribution is 2.54. The molecule has 1 spiro atoms. The van der Waals surface area contributed by atoms with Gasteiger partial charge < -0.3 is 19.5 Å². The summed E-state index contributed by atoms with van der Waals surface area (Å²) in [5, 5.41) is 3.02. The predicted octanol–water partition coefficient (Wildman–Crippen LogP) is 2.40. The third-order valence-electron chi connectivity index (χ3n) is 5.97. The smallest absolute Gasteiger partial charge is 0.254 e. The zero-order chi connectivity index (χ0) is 20.1. The molecule has 1 aromatic heterocycles. The molecule has 1 saturated heterocycles. The van der Waals surface area contributed by atoms with Crippen LogP contribution in [0.1, 0.15) is 44.6 Å². The van der Waals surface area contributed by atoms with Crippen molar-refractivity contribution in [1.29, 1.82) is 0 Å². The van der Waals surface area contributed by atoms with Gasteiger partial charge in [-0.2, -0.15) is 0 Å². The highest BCUT2D eigenvalue weighted by atomic mass is 16.5. The molecule has 2 aliphatic rings. The van der Waals surface area contributed by atoms with Crippen LogP contribution in [0.15, 0.2) is 36.7 Å². The Morgan fingerprint density at radius 2 is 2.14 bits per heavy atom. The summed E-state index contributed by atoms with van der Waals surface area (Å²) in [5.74, 6) is 0.493. The van der Waals surface area contributed by atoms with Crippen molar-refractivity contribution in [2.75, 3.05) is 18.5 Å². The second-order valence-electron chi connectivity index (χ2n) is 7.96. The highest BCUT2D eigenvalue weighted by Gasteiger charge is 2.61. The zero-order valence-corrected chi connectivity index (χ0v) is 16.7. The molecule has 1 N–H and O–H groups in total. The number of nitrogens with one attached hydrogen (secondary N) is 1. The van der Waals surface area contributed by atoms with Gasteiger partial charge in [-0.3, -0.25) is 9.59 Å². The maximum Gasteiger partial charge on any atom is 0.254 e. The van der Waals surface area contributed by atoms with E-state index in [9.17, 15) is 9.59 Å². The van der Waals surface area contributed by atoms with Crippen molar-refractivity contribution in [3.8, 4) is 0 Å². The molecule has 0 aliphatic carbocycles. The number of carbonyl (C=O) groups is 2. The van der Waals surface area contributed by atoms with E-state index in [-0.39, 0.29) is 11.8 Å². The Morgan fingerprint density at radius 1 is 1.39 bits per heavy atom. The monoisotopic (exact) mass is 382 g/mol. The summed E-state index contributed by atoms with van der Waals surface area (Å²) < 4.78 is 7.62. The van der Waals surface area contributed by atoms with Crippen molar-refractivity contribution in [3.05, 3.63) is 48.0 Å². The highest BCUT2D eigenvalue weighted by molar-refractivity contribution is 6.07. The van der Waals surface area contributed by atoms with Crippen LogP contribution in [0.2, 0.25) is 0 Å². The molecule has 2 aliphatic heterocycles. The predicted molar refractivity (Wildman–Crippen MR) is 105 cm³/mol. The number of para-hydroxylation sites is 1. The number of likely N-dealkylation sites (tertiary alicyclic amines) is 1. The van der Waals surface area contributed by atoms with Gasteiger partial charge in [0.05, 0.1) is 0 Å². The van der Waals surface area contributed by atoms with Gasteiger partial charge in [0.1, 0.15) is 22.9 Å². The summed E-state index contributed by atoms with van der Waals surface area (Å²) in [6, 6.07) is 7.23. The normalized spacial score (nSPS) is 23.9. The van der Waals surface area contributed by atoms with Crippen LogP contribution in [0, 0.1) is 0 Å². The SMILES string of the molecule is CCOC(C)(C)C(=O)N1CC[C@]2(C(=O)Nc3ccccc32)[C@@H]1c1nccn1C. The molecular formula is C21H26N4O3. The molecule has 0 saturated carbocycles. The van der Waals surface area contributed by atoms with Gasteiger partial charge in [0, 0.05) is 38.3 Å². The molecule has 3 heterocycles. The Hall–Kier alpha value is -2.67. The summed E-state index contributed by atoms with van der Waals surface area (Å²) in [6.45, 7) is 6.34. The quantitative estimate of drug-likeness (QED) is 0.881. The van der Waals surface area contributed by atoms with Crippen LogP contribution in [0.5, 0.6) is 0 Å². The standard InChI is InChI=1S/C21H26N4O3/c1-5-28-20(2,3)19(27)25-12-10-21(16(25)17-22-11-13-24(17)4)14-8-6-7-9-15(14)23-18(21)26/h6-9,11,13,16H,5,10,12H2,1-4H3,(H,23,26)/t16-,21+/m0/s1. The average molecular weight is 382 g/mol. The molecule has 0 radical (unpaired) electrons. The second-order valence-corrected chi connectivity index (χ2v) is 7.96. The van der Waals surface area contributed by atoms with E-state index in [4.69, 9.17) is 4.74 Å². The van der Waals surface area contributed by atoms with Gasteiger partial charge in [-0.05, 0) is 38.8 Å². The first-order valence-corrected chi connectivity index (χ1v) is 9.66. The van der Waals surface area contributed by atoms with Crippen molar-refractivity contribution < 1.29 is 14.3 Å². The molecule has 4 rings (SSSR count). The van der Waals surface area contributed by atoms with E-state index >= 15 is 0 Å². The maximum atomic E-state index is 13.5. The molecule has 2 atom stereocenters. The van der Waals surface area contributed by atoms with E-state index in [0.29, 0.717) is 25.4 Å². The molecule has 148 valence electrons. The number of hydrogen-bond donors (Lipinski definition) is 1. The Bertz CT molecular complexity index is 935. The molecule has 1 fully saturated rings. The van der Waals surface area contributed by atoms with E-state index in [0.717, 1.165) is 11.3 Å².